The number of esters is 1. The van der Waals surface area contributed by atoms with Crippen molar-refractivity contribution in [2.24, 2.45) is 0 Å². The number of nitrogens with zero attached hydrogens (tertiary/aromatic N) is 1. The monoisotopic (exact) mass is 375 g/mol. The van der Waals surface area contributed by atoms with Gasteiger partial charge < -0.3 is 9.47 Å². The number of benzene rings is 3. The molecule has 0 fully saturated rings. The van der Waals surface area contributed by atoms with Gasteiger partial charge >= 0.3 is 5.97 Å². The third-order valence-corrected chi connectivity index (χ3v) is 4.45. The predicted octanol–water partition coefficient (Wildman–Crippen LogP) is 4.55. The highest BCUT2D eigenvalue weighted by atomic mass is 16.5. The molecule has 0 aliphatic rings. The van der Waals surface area contributed by atoms with E-state index < -0.39 is 0 Å². The SMILES string of the molecule is COC(=O)c1ccc(OCCN(Cc2ccccc2)Cc2ccccc2)cc1. The number of carbonyl (C=O) groups is 1. The summed E-state index contributed by atoms with van der Waals surface area (Å²) >= 11 is 0. The Bertz CT molecular complexity index is 807. The highest BCUT2D eigenvalue weighted by Gasteiger charge is 2.09. The summed E-state index contributed by atoms with van der Waals surface area (Å²) in [7, 11) is 1.38. The Morgan fingerprint density at radius 1 is 0.786 bits per heavy atom. The number of rotatable bonds is 9. The standard InChI is InChI=1S/C24H25NO3/c1-27-24(26)22-12-14-23(15-13-22)28-17-16-25(18-20-8-4-2-5-9-20)19-21-10-6-3-7-11-21/h2-15H,16-19H2,1H3. The maximum atomic E-state index is 11.5. The second-order valence-electron chi connectivity index (χ2n) is 6.55. The van der Waals surface area contributed by atoms with Gasteiger partial charge in [0.25, 0.3) is 0 Å². The van der Waals surface area contributed by atoms with Gasteiger partial charge in [0.15, 0.2) is 0 Å². The van der Waals surface area contributed by atoms with Crippen LogP contribution in [0.1, 0.15) is 21.5 Å². The molecule has 0 spiro atoms. The summed E-state index contributed by atoms with van der Waals surface area (Å²) in [4.78, 5) is 13.9. The first-order chi connectivity index (χ1) is 13.7. The van der Waals surface area contributed by atoms with E-state index in [2.05, 4.69) is 53.4 Å². The Kier molecular flexibility index (Phi) is 7.21. The van der Waals surface area contributed by atoms with Crippen LogP contribution in [-0.2, 0) is 17.8 Å². The summed E-state index contributed by atoms with van der Waals surface area (Å²) in [6.07, 6.45) is 0. The van der Waals surface area contributed by atoms with Crippen LogP contribution in [0.4, 0.5) is 0 Å². The molecule has 0 aliphatic heterocycles. The lowest BCUT2D eigenvalue weighted by Crippen LogP contribution is -2.27. The Morgan fingerprint density at radius 3 is 1.82 bits per heavy atom. The van der Waals surface area contributed by atoms with Crippen molar-refractivity contribution in [2.75, 3.05) is 20.3 Å². The minimum atomic E-state index is -0.344. The maximum absolute atomic E-state index is 11.5. The van der Waals surface area contributed by atoms with Gasteiger partial charge in [-0.15, -0.1) is 0 Å². The number of hydrogen-bond donors (Lipinski definition) is 0. The van der Waals surface area contributed by atoms with Gasteiger partial charge in [0.1, 0.15) is 12.4 Å². The van der Waals surface area contributed by atoms with Crippen LogP contribution in [0, 0.1) is 0 Å². The summed E-state index contributed by atoms with van der Waals surface area (Å²) in [6, 6.07) is 27.9. The van der Waals surface area contributed by atoms with E-state index in [1.54, 1.807) is 24.3 Å². The molecule has 0 aromatic heterocycles. The Morgan fingerprint density at radius 2 is 1.32 bits per heavy atom. The van der Waals surface area contributed by atoms with Crippen LogP contribution in [0.15, 0.2) is 84.9 Å². The quantitative estimate of drug-likeness (QED) is 0.514. The minimum Gasteiger partial charge on any atom is -0.492 e. The van der Waals surface area contributed by atoms with E-state index in [0.29, 0.717) is 12.2 Å². The summed E-state index contributed by atoms with van der Waals surface area (Å²) in [5, 5.41) is 0. The van der Waals surface area contributed by atoms with E-state index >= 15 is 0 Å². The van der Waals surface area contributed by atoms with E-state index in [0.717, 1.165) is 25.4 Å². The van der Waals surface area contributed by atoms with Crippen molar-refractivity contribution in [3.05, 3.63) is 102 Å². The van der Waals surface area contributed by atoms with Gasteiger partial charge in [-0.1, -0.05) is 60.7 Å². The number of hydrogen-bond acceptors (Lipinski definition) is 4. The molecule has 4 heteroatoms. The minimum absolute atomic E-state index is 0.344. The molecule has 0 atom stereocenters. The van der Waals surface area contributed by atoms with Crippen LogP contribution in [0.5, 0.6) is 5.75 Å². The molecule has 0 unspecified atom stereocenters. The summed E-state index contributed by atoms with van der Waals surface area (Å²) in [5.74, 6) is 0.399. The molecule has 144 valence electrons. The van der Waals surface area contributed by atoms with Gasteiger partial charge in [0.05, 0.1) is 12.7 Å². The average Bonchev–Trinajstić information content (AvgIpc) is 2.75. The first-order valence-corrected chi connectivity index (χ1v) is 9.36. The zero-order chi connectivity index (χ0) is 19.6. The average molecular weight is 375 g/mol. The molecule has 0 amide bonds. The normalized spacial score (nSPS) is 10.6. The first-order valence-electron chi connectivity index (χ1n) is 9.36. The van der Waals surface area contributed by atoms with Crippen molar-refractivity contribution >= 4 is 5.97 Å². The molecular formula is C24H25NO3. The zero-order valence-corrected chi connectivity index (χ0v) is 16.1. The smallest absolute Gasteiger partial charge is 0.337 e. The van der Waals surface area contributed by atoms with Crippen LogP contribution in [0.25, 0.3) is 0 Å². The number of carbonyl (C=O) groups excluding carboxylic acids is 1. The number of methoxy groups -OCH3 is 1. The molecule has 0 bridgehead atoms. The van der Waals surface area contributed by atoms with Gasteiger partial charge in [0.2, 0.25) is 0 Å². The highest BCUT2D eigenvalue weighted by molar-refractivity contribution is 5.89. The molecule has 0 aliphatic carbocycles. The molecule has 4 nitrogen and oxygen atoms in total. The van der Waals surface area contributed by atoms with Crippen molar-refractivity contribution < 1.29 is 14.3 Å². The van der Waals surface area contributed by atoms with Gasteiger partial charge in [-0.2, -0.15) is 0 Å². The fraction of sp³-hybridized carbons (Fsp3) is 0.208. The summed E-state index contributed by atoms with van der Waals surface area (Å²) < 4.78 is 10.6. The first kappa shape index (κ1) is 19.6. The van der Waals surface area contributed by atoms with Crippen LogP contribution >= 0.6 is 0 Å². The summed E-state index contributed by atoms with van der Waals surface area (Å²) in [6.45, 7) is 3.08. The molecule has 3 aromatic carbocycles. The van der Waals surface area contributed by atoms with E-state index in [1.165, 1.54) is 18.2 Å². The molecule has 0 N–H and O–H groups in total. The van der Waals surface area contributed by atoms with E-state index in [1.807, 2.05) is 12.1 Å². The third kappa shape index (κ3) is 5.96. The Balaban J connectivity index is 1.58. The van der Waals surface area contributed by atoms with Crippen LogP contribution < -0.4 is 4.74 Å². The lowest BCUT2D eigenvalue weighted by atomic mass is 10.1. The predicted molar refractivity (Wildman–Crippen MR) is 110 cm³/mol. The van der Waals surface area contributed by atoms with Crippen molar-refractivity contribution in [1.82, 2.24) is 4.90 Å². The van der Waals surface area contributed by atoms with Crippen molar-refractivity contribution in [3.63, 3.8) is 0 Å². The largest absolute Gasteiger partial charge is 0.492 e. The van der Waals surface area contributed by atoms with Crippen molar-refractivity contribution in [3.8, 4) is 5.75 Å². The zero-order valence-electron chi connectivity index (χ0n) is 16.1. The summed E-state index contributed by atoms with van der Waals surface area (Å²) in [5.41, 5.74) is 3.08. The van der Waals surface area contributed by atoms with Crippen molar-refractivity contribution in [2.45, 2.75) is 13.1 Å². The lowest BCUT2D eigenvalue weighted by Gasteiger charge is -2.23. The Hall–Kier alpha value is -3.11. The van der Waals surface area contributed by atoms with Gasteiger partial charge in [-0.05, 0) is 35.4 Å². The molecule has 0 saturated carbocycles. The van der Waals surface area contributed by atoms with E-state index in [4.69, 9.17) is 9.47 Å². The number of ether oxygens (including phenoxy) is 2. The van der Waals surface area contributed by atoms with Crippen LogP contribution in [-0.4, -0.2) is 31.1 Å². The second-order valence-corrected chi connectivity index (χ2v) is 6.55. The van der Waals surface area contributed by atoms with Gasteiger partial charge in [-0.3, -0.25) is 4.90 Å². The molecule has 0 radical (unpaired) electrons. The molecule has 0 heterocycles. The fourth-order valence-corrected chi connectivity index (χ4v) is 2.99. The molecule has 3 aromatic rings. The lowest BCUT2D eigenvalue weighted by molar-refractivity contribution is 0.0600. The van der Waals surface area contributed by atoms with Gasteiger partial charge in [-0.25, -0.2) is 4.79 Å². The molecule has 3 rings (SSSR count). The van der Waals surface area contributed by atoms with E-state index in [-0.39, 0.29) is 5.97 Å². The van der Waals surface area contributed by atoms with Crippen LogP contribution in [0.2, 0.25) is 0 Å². The third-order valence-electron chi connectivity index (χ3n) is 4.45. The molecule has 0 saturated heterocycles. The van der Waals surface area contributed by atoms with E-state index in [9.17, 15) is 4.79 Å². The van der Waals surface area contributed by atoms with Crippen LogP contribution in [0.3, 0.4) is 0 Å². The Labute approximate surface area is 166 Å². The maximum Gasteiger partial charge on any atom is 0.337 e. The highest BCUT2D eigenvalue weighted by Crippen LogP contribution is 2.14. The second kappa shape index (κ2) is 10.3. The van der Waals surface area contributed by atoms with Crippen molar-refractivity contribution in [1.29, 1.82) is 0 Å². The fourth-order valence-electron chi connectivity index (χ4n) is 2.99. The van der Waals surface area contributed by atoms with Gasteiger partial charge in [0, 0.05) is 19.6 Å². The molecular weight excluding hydrogens is 350 g/mol. The molecule has 28 heavy (non-hydrogen) atoms. The topological polar surface area (TPSA) is 38.8 Å².